The fourth-order valence-electron chi connectivity index (χ4n) is 4.17. The van der Waals surface area contributed by atoms with Crippen LogP contribution in [0.25, 0.3) is 0 Å². The van der Waals surface area contributed by atoms with E-state index in [1.807, 2.05) is 0 Å². The first-order chi connectivity index (χ1) is 13.9. The van der Waals surface area contributed by atoms with Gasteiger partial charge in [-0.25, -0.2) is 0 Å². The van der Waals surface area contributed by atoms with E-state index in [0.717, 1.165) is 53.9 Å². The maximum Gasteiger partial charge on any atom is 0.302 e. The molecule has 0 N–H and O–H groups in total. The van der Waals surface area contributed by atoms with Crippen molar-refractivity contribution in [3.8, 4) is 11.5 Å². The monoisotopic (exact) mass is 400 g/mol. The van der Waals surface area contributed by atoms with Crippen molar-refractivity contribution in [1.82, 2.24) is 0 Å². The number of esters is 1. The number of hydrogen-bond acceptors (Lipinski definition) is 4. The zero-order valence-corrected chi connectivity index (χ0v) is 18.7. The molecule has 1 aliphatic rings. The van der Waals surface area contributed by atoms with Crippen molar-refractivity contribution in [2.75, 3.05) is 20.8 Å². The van der Waals surface area contributed by atoms with Crippen molar-refractivity contribution in [3.05, 3.63) is 47.1 Å². The molecule has 1 aromatic carbocycles. The lowest BCUT2D eigenvalue weighted by molar-refractivity contribution is -0.140. The molecule has 0 amide bonds. The number of carbonyl (C=O) groups excluding carboxylic acids is 1. The highest BCUT2D eigenvalue weighted by Gasteiger charge is 2.31. The number of unbranched alkanes of at least 4 members (excludes halogenated alkanes) is 2. The highest BCUT2D eigenvalue weighted by molar-refractivity contribution is 5.66. The summed E-state index contributed by atoms with van der Waals surface area (Å²) in [6, 6.07) is 4.30. The highest BCUT2D eigenvalue weighted by Crippen LogP contribution is 2.47. The standard InChI is InChI=1S/C25H36O4/c1-7-8-9-10-19-14-23(27-5)25(24(15-19)28-6)22-13-20(16-29-18(4)26)11-12-21(22)17(2)3/h13-15,21-22H,2,7-12,16H2,1,3-6H3/t21-,22+/m0/s1. The third kappa shape index (κ3) is 6.12. The van der Waals surface area contributed by atoms with Crippen molar-refractivity contribution in [3.63, 3.8) is 0 Å². The van der Waals surface area contributed by atoms with E-state index in [4.69, 9.17) is 14.2 Å². The number of benzene rings is 1. The van der Waals surface area contributed by atoms with Crippen molar-refractivity contribution in [1.29, 1.82) is 0 Å². The van der Waals surface area contributed by atoms with Crippen LogP contribution >= 0.6 is 0 Å². The van der Waals surface area contributed by atoms with Crippen LogP contribution in [0.5, 0.6) is 11.5 Å². The molecule has 0 aliphatic heterocycles. The summed E-state index contributed by atoms with van der Waals surface area (Å²) in [5.74, 6) is 1.84. The molecular formula is C25H36O4. The average Bonchev–Trinajstić information content (AvgIpc) is 2.71. The lowest BCUT2D eigenvalue weighted by atomic mass is 9.73. The van der Waals surface area contributed by atoms with Crippen molar-refractivity contribution in [2.45, 2.75) is 65.2 Å². The Balaban J connectivity index is 2.46. The number of rotatable bonds is 10. The van der Waals surface area contributed by atoms with Gasteiger partial charge in [0.1, 0.15) is 18.1 Å². The van der Waals surface area contributed by atoms with Gasteiger partial charge in [0.25, 0.3) is 0 Å². The molecule has 29 heavy (non-hydrogen) atoms. The van der Waals surface area contributed by atoms with Crippen molar-refractivity contribution < 1.29 is 19.0 Å². The van der Waals surface area contributed by atoms with E-state index in [0.29, 0.717) is 12.5 Å². The van der Waals surface area contributed by atoms with Gasteiger partial charge >= 0.3 is 5.97 Å². The summed E-state index contributed by atoms with van der Waals surface area (Å²) in [6.45, 7) is 10.3. The second-order valence-corrected chi connectivity index (χ2v) is 7.99. The summed E-state index contributed by atoms with van der Waals surface area (Å²) in [6.07, 6.45) is 8.69. The first-order valence-electron chi connectivity index (χ1n) is 10.6. The first-order valence-corrected chi connectivity index (χ1v) is 10.6. The van der Waals surface area contributed by atoms with Gasteiger partial charge in [-0.05, 0) is 61.8 Å². The first kappa shape index (κ1) is 23.1. The Kier molecular flexibility index (Phi) is 8.81. The molecule has 0 fully saturated rings. The predicted octanol–water partition coefficient (Wildman–Crippen LogP) is 6.00. The topological polar surface area (TPSA) is 44.8 Å². The van der Waals surface area contributed by atoms with Crippen LogP contribution in [0, 0.1) is 5.92 Å². The van der Waals surface area contributed by atoms with Crippen LogP contribution in [0.15, 0.2) is 35.9 Å². The van der Waals surface area contributed by atoms with Gasteiger partial charge in [-0.15, -0.1) is 0 Å². The summed E-state index contributed by atoms with van der Waals surface area (Å²) in [7, 11) is 3.44. The SMILES string of the molecule is C=C(C)[C@@H]1CCC(COC(C)=O)=C[C@H]1c1c(OC)cc(CCCCC)cc1OC. The van der Waals surface area contributed by atoms with Crippen LogP contribution in [0.3, 0.4) is 0 Å². The molecule has 0 spiro atoms. The lowest BCUT2D eigenvalue weighted by Gasteiger charge is -2.33. The van der Waals surface area contributed by atoms with E-state index in [1.165, 1.54) is 25.3 Å². The summed E-state index contributed by atoms with van der Waals surface area (Å²) >= 11 is 0. The molecule has 0 unspecified atom stereocenters. The van der Waals surface area contributed by atoms with Crippen LogP contribution in [0.2, 0.25) is 0 Å². The summed E-state index contributed by atoms with van der Waals surface area (Å²) in [5, 5.41) is 0. The minimum atomic E-state index is -0.254. The van der Waals surface area contributed by atoms with Crippen LogP contribution in [0.1, 0.15) is 69.9 Å². The minimum absolute atomic E-state index is 0.0846. The molecule has 160 valence electrons. The molecule has 4 heteroatoms. The Bertz CT molecular complexity index is 722. The van der Waals surface area contributed by atoms with E-state index in [2.05, 4.69) is 38.6 Å². The number of hydrogen-bond donors (Lipinski definition) is 0. The van der Waals surface area contributed by atoms with E-state index >= 15 is 0 Å². The second kappa shape index (κ2) is 11.1. The van der Waals surface area contributed by atoms with Gasteiger partial charge in [-0.2, -0.15) is 0 Å². The molecule has 0 aromatic heterocycles. The largest absolute Gasteiger partial charge is 0.496 e. The second-order valence-electron chi connectivity index (χ2n) is 7.99. The molecule has 0 radical (unpaired) electrons. The Hall–Kier alpha value is -2.23. The third-order valence-corrected chi connectivity index (χ3v) is 5.73. The zero-order valence-electron chi connectivity index (χ0n) is 18.7. The van der Waals surface area contributed by atoms with Crippen LogP contribution < -0.4 is 9.47 Å². The smallest absolute Gasteiger partial charge is 0.302 e. The third-order valence-electron chi connectivity index (χ3n) is 5.73. The molecule has 0 heterocycles. The minimum Gasteiger partial charge on any atom is -0.496 e. The van der Waals surface area contributed by atoms with Gasteiger partial charge in [0.2, 0.25) is 0 Å². The molecule has 0 saturated carbocycles. The highest BCUT2D eigenvalue weighted by atomic mass is 16.5. The average molecular weight is 401 g/mol. The molecule has 2 atom stereocenters. The lowest BCUT2D eigenvalue weighted by Crippen LogP contribution is -2.20. The van der Waals surface area contributed by atoms with Crippen LogP contribution in [-0.4, -0.2) is 26.8 Å². The number of ether oxygens (including phenoxy) is 3. The maximum absolute atomic E-state index is 11.3. The molecular weight excluding hydrogens is 364 g/mol. The fraction of sp³-hybridized carbons (Fsp3) is 0.560. The number of allylic oxidation sites excluding steroid dienone is 2. The van der Waals surface area contributed by atoms with Gasteiger partial charge in [0.15, 0.2) is 0 Å². The van der Waals surface area contributed by atoms with Crippen LogP contribution in [-0.2, 0) is 16.0 Å². The molecule has 0 bridgehead atoms. The van der Waals surface area contributed by atoms with Gasteiger partial charge in [-0.3, -0.25) is 4.79 Å². The van der Waals surface area contributed by atoms with Gasteiger partial charge in [0, 0.05) is 18.4 Å². The normalized spacial score (nSPS) is 18.7. The Morgan fingerprint density at radius 1 is 1.14 bits per heavy atom. The van der Waals surface area contributed by atoms with Crippen LogP contribution in [0.4, 0.5) is 0 Å². The Labute approximate surface area is 175 Å². The fourth-order valence-corrected chi connectivity index (χ4v) is 4.17. The van der Waals surface area contributed by atoms with E-state index < -0.39 is 0 Å². The van der Waals surface area contributed by atoms with Crippen molar-refractivity contribution in [2.24, 2.45) is 5.92 Å². The molecule has 1 aliphatic carbocycles. The number of aryl methyl sites for hydroxylation is 1. The van der Waals surface area contributed by atoms with E-state index in [-0.39, 0.29) is 11.9 Å². The van der Waals surface area contributed by atoms with Gasteiger partial charge in [-0.1, -0.05) is 38.0 Å². The summed E-state index contributed by atoms with van der Waals surface area (Å²) < 4.78 is 16.9. The van der Waals surface area contributed by atoms with E-state index in [9.17, 15) is 4.79 Å². The summed E-state index contributed by atoms with van der Waals surface area (Å²) in [4.78, 5) is 11.3. The number of carbonyl (C=O) groups is 1. The van der Waals surface area contributed by atoms with Crippen molar-refractivity contribution >= 4 is 5.97 Å². The summed E-state index contributed by atoms with van der Waals surface area (Å²) in [5.41, 5.74) is 4.58. The zero-order chi connectivity index (χ0) is 21.4. The van der Waals surface area contributed by atoms with Gasteiger partial charge in [0.05, 0.1) is 14.2 Å². The molecule has 2 rings (SSSR count). The van der Waals surface area contributed by atoms with Gasteiger partial charge < -0.3 is 14.2 Å². The Morgan fingerprint density at radius 3 is 2.31 bits per heavy atom. The maximum atomic E-state index is 11.3. The molecule has 0 saturated heterocycles. The number of methoxy groups -OCH3 is 2. The molecule has 4 nitrogen and oxygen atoms in total. The quantitative estimate of drug-likeness (QED) is 0.275. The predicted molar refractivity (Wildman–Crippen MR) is 118 cm³/mol. The molecule has 1 aromatic rings. The Morgan fingerprint density at radius 2 is 1.79 bits per heavy atom. The van der Waals surface area contributed by atoms with E-state index in [1.54, 1.807) is 14.2 Å².